The van der Waals surface area contributed by atoms with Crippen molar-refractivity contribution in [2.24, 2.45) is 0 Å². The molecule has 0 amide bonds. The van der Waals surface area contributed by atoms with Crippen molar-refractivity contribution in [3.63, 3.8) is 0 Å². The average molecular weight is 319 g/mol. The number of aromatic amines is 1. The van der Waals surface area contributed by atoms with E-state index in [1.165, 1.54) is 5.56 Å². The van der Waals surface area contributed by atoms with E-state index in [1.807, 2.05) is 24.3 Å². The molecule has 6 nitrogen and oxygen atoms in total. The van der Waals surface area contributed by atoms with Crippen molar-refractivity contribution < 1.29 is 4.52 Å². The minimum Gasteiger partial charge on any atom is -0.350 e. The number of aromatic nitrogens is 4. The van der Waals surface area contributed by atoms with Crippen LogP contribution < -0.4 is 0 Å². The molecule has 120 valence electrons. The van der Waals surface area contributed by atoms with Crippen LogP contribution in [0.15, 0.2) is 53.3 Å². The number of rotatable bonds is 4. The zero-order valence-electron chi connectivity index (χ0n) is 13.5. The topological polar surface area (TPSA) is 70.8 Å². The van der Waals surface area contributed by atoms with Gasteiger partial charge in [-0.2, -0.15) is 4.98 Å². The summed E-state index contributed by atoms with van der Waals surface area (Å²) in [5.74, 6) is 1.05. The molecule has 0 fully saturated rings. The first-order valence-corrected chi connectivity index (χ1v) is 7.70. The fraction of sp³-hybridized carbons (Fsp3) is 0.167. The smallest absolute Gasteiger partial charge is 0.274 e. The van der Waals surface area contributed by atoms with Crippen molar-refractivity contribution in [2.45, 2.75) is 6.54 Å². The normalized spacial score (nSPS) is 11.5. The van der Waals surface area contributed by atoms with Crippen LogP contribution in [0.25, 0.3) is 33.9 Å². The van der Waals surface area contributed by atoms with Crippen molar-refractivity contribution in [2.75, 3.05) is 14.1 Å². The maximum absolute atomic E-state index is 5.41. The van der Waals surface area contributed by atoms with E-state index in [-0.39, 0.29) is 0 Å². The molecule has 0 atom stereocenters. The van der Waals surface area contributed by atoms with Gasteiger partial charge in [-0.3, -0.25) is 4.98 Å². The molecule has 0 aliphatic rings. The Hall–Kier alpha value is -2.99. The molecule has 0 saturated carbocycles. The van der Waals surface area contributed by atoms with Crippen LogP contribution in [0.2, 0.25) is 0 Å². The Morgan fingerprint density at radius 1 is 1.12 bits per heavy atom. The number of nitrogens with zero attached hydrogens (tertiary/aromatic N) is 4. The molecule has 0 radical (unpaired) electrons. The van der Waals surface area contributed by atoms with E-state index in [4.69, 9.17) is 4.52 Å². The van der Waals surface area contributed by atoms with Crippen LogP contribution in [0.4, 0.5) is 0 Å². The second-order valence-electron chi connectivity index (χ2n) is 6.00. The predicted octanol–water partition coefficient (Wildman–Crippen LogP) is 3.34. The third kappa shape index (κ3) is 2.79. The van der Waals surface area contributed by atoms with Gasteiger partial charge in [0.15, 0.2) is 0 Å². The van der Waals surface area contributed by atoms with Crippen LogP contribution in [-0.4, -0.2) is 39.1 Å². The Morgan fingerprint density at radius 3 is 2.71 bits per heavy atom. The number of hydrogen-bond acceptors (Lipinski definition) is 5. The Bertz CT molecular complexity index is 935. The summed E-state index contributed by atoms with van der Waals surface area (Å²) in [6.45, 7) is 0.904. The molecule has 24 heavy (non-hydrogen) atoms. The van der Waals surface area contributed by atoms with Crippen molar-refractivity contribution in [1.29, 1.82) is 0 Å². The van der Waals surface area contributed by atoms with Crippen molar-refractivity contribution in [1.82, 2.24) is 25.0 Å². The first kappa shape index (κ1) is 14.6. The number of pyridine rings is 1. The number of nitrogens with one attached hydrogen (secondary N) is 1. The molecule has 0 aliphatic carbocycles. The Morgan fingerprint density at radius 2 is 1.96 bits per heavy atom. The van der Waals surface area contributed by atoms with E-state index in [9.17, 15) is 0 Å². The SMILES string of the molecule is CN(C)Cc1ccc(-c2noc(-c3cc4cnccc4[nH]3)n2)cc1. The first-order valence-electron chi connectivity index (χ1n) is 7.70. The molecule has 0 spiro atoms. The van der Waals surface area contributed by atoms with Gasteiger partial charge in [0.2, 0.25) is 5.82 Å². The molecule has 0 aliphatic heterocycles. The average Bonchev–Trinajstić information content (AvgIpc) is 3.21. The minimum atomic E-state index is 0.471. The molecule has 0 unspecified atom stereocenters. The van der Waals surface area contributed by atoms with Gasteiger partial charge in [-0.1, -0.05) is 29.4 Å². The predicted molar refractivity (Wildman–Crippen MR) is 92.2 cm³/mol. The van der Waals surface area contributed by atoms with Gasteiger partial charge < -0.3 is 14.4 Å². The molecular formula is C18H17N5O. The molecular weight excluding hydrogens is 302 g/mol. The lowest BCUT2D eigenvalue weighted by molar-refractivity contribution is 0.402. The maximum atomic E-state index is 5.41. The van der Waals surface area contributed by atoms with Gasteiger partial charge in [0, 0.05) is 35.4 Å². The molecule has 3 heterocycles. The number of benzene rings is 1. The van der Waals surface area contributed by atoms with Gasteiger partial charge in [0.05, 0.1) is 0 Å². The minimum absolute atomic E-state index is 0.471. The van der Waals surface area contributed by atoms with Crippen LogP contribution in [0.1, 0.15) is 5.56 Å². The highest BCUT2D eigenvalue weighted by Crippen LogP contribution is 2.25. The van der Waals surface area contributed by atoms with Gasteiger partial charge in [0.25, 0.3) is 5.89 Å². The summed E-state index contributed by atoms with van der Waals surface area (Å²) in [5.41, 5.74) is 3.97. The van der Waals surface area contributed by atoms with E-state index in [2.05, 4.69) is 51.2 Å². The van der Waals surface area contributed by atoms with Gasteiger partial charge in [0.1, 0.15) is 5.69 Å². The van der Waals surface area contributed by atoms with Crippen molar-refractivity contribution in [3.8, 4) is 23.0 Å². The Labute approximate surface area is 139 Å². The molecule has 4 rings (SSSR count). The molecule has 6 heteroatoms. The number of H-pyrrole nitrogens is 1. The second kappa shape index (κ2) is 5.90. The van der Waals surface area contributed by atoms with E-state index in [0.29, 0.717) is 11.7 Å². The maximum Gasteiger partial charge on any atom is 0.274 e. The van der Waals surface area contributed by atoms with Gasteiger partial charge in [-0.15, -0.1) is 0 Å². The van der Waals surface area contributed by atoms with E-state index in [1.54, 1.807) is 12.4 Å². The van der Waals surface area contributed by atoms with Gasteiger partial charge in [-0.25, -0.2) is 0 Å². The van der Waals surface area contributed by atoms with Crippen LogP contribution in [-0.2, 0) is 6.54 Å². The number of hydrogen-bond donors (Lipinski definition) is 1. The van der Waals surface area contributed by atoms with Crippen LogP contribution in [0.5, 0.6) is 0 Å². The summed E-state index contributed by atoms with van der Waals surface area (Å²) < 4.78 is 5.41. The van der Waals surface area contributed by atoms with Gasteiger partial charge in [-0.05, 0) is 31.8 Å². The lowest BCUT2D eigenvalue weighted by Crippen LogP contribution is -2.10. The van der Waals surface area contributed by atoms with Crippen LogP contribution in [0.3, 0.4) is 0 Å². The summed E-state index contributed by atoms with van der Waals surface area (Å²) in [6, 6.07) is 12.1. The lowest BCUT2D eigenvalue weighted by Gasteiger charge is -2.09. The Balaban J connectivity index is 1.62. The molecule has 1 N–H and O–H groups in total. The van der Waals surface area contributed by atoms with E-state index >= 15 is 0 Å². The summed E-state index contributed by atoms with van der Waals surface area (Å²) in [5, 5.41) is 5.11. The Kier molecular flexibility index (Phi) is 3.59. The summed E-state index contributed by atoms with van der Waals surface area (Å²) >= 11 is 0. The molecule has 0 bridgehead atoms. The van der Waals surface area contributed by atoms with E-state index < -0.39 is 0 Å². The summed E-state index contributed by atoms with van der Waals surface area (Å²) in [6.07, 6.45) is 3.55. The van der Waals surface area contributed by atoms with Crippen LogP contribution >= 0.6 is 0 Å². The highest BCUT2D eigenvalue weighted by Gasteiger charge is 2.13. The molecule has 1 aromatic carbocycles. The van der Waals surface area contributed by atoms with E-state index in [0.717, 1.165) is 28.7 Å². The van der Waals surface area contributed by atoms with Crippen molar-refractivity contribution in [3.05, 3.63) is 54.4 Å². The quantitative estimate of drug-likeness (QED) is 0.624. The molecule has 4 aromatic rings. The molecule has 3 aromatic heterocycles. The zero-order chi connectivity index (χ0) is 16.5. The van der Waals surface area contributed by atoms with Gasteiger partial charge >= 0.3 is 0 Å². The largest absolute Gasteiger partial charge is 0.350 e. The summed E-state index contributed by atoms with van der Waals surface area (Å²) in [4.78, 5) is 14.0. The second-order valence-corrected chi connectivity index (χ2v) is 6.00. The lowest BCUT2D eigenvalue weighted by atomic mass is 10.1. The first-order chi connectivity index (χ1) is 11.7. The zero-order valence-corrected chi connectivity index (χ0v) is 13.5. The summed E-state index contributed by atoms with van der Waals surface area (Å²) in [7, 11) is 4.10. The highest BCUT2D eigenvalue weighted by atomic mass is 16.5. The monoisotopic (exact) mass is 319 g/mol. The number of fused-ring (bicyclic) bond motifs is 1. The fourth-order valence-electron chi connectivity index (χ4n) is 2.66. The molecule has 0 saturated heterocycles. The fourth-order valence-corrected chi connectivity index (χ4v) is 2.66. The third-order valence-electron chi connectivity index (χ3n) is 3.79. The standard InChI is InChI=1S/C18H17N5O/c1-23(2)11-12-3-5-13(6-4-12)17-21-18(24-22-17)16-9-14-10-19-8-7-15(14)20-16/h3-10,20H,11H2,1-2H3. The van der Waals surface area contributed by atoms with Crippen molar-refractivity contribution >= 4 is 10.9 Å². The third-order valence-corrected chi connectivity index (χ3v) is 3.79. The highest BCUT2D eigenvalue weighted by molar-refractivity contribution is 5.83. The van der Waals surface area contributed by atoms with Crippen LogP contribution in [0, 0.1) is 0 Å².